The molecule has 52 heavy (non-hydrogen) atoms. The molecule has 1 aliphatic rings. The molecule has 274 valence electrons. The van der Waals surface area contributed by atoms with Crippen LogP contribution in [-0.2, 0) is 90.7 Å². The summed E-state index contributed by atoms with van der Waals surface area (Å²) in [6.45, 7) is 26.1. The second-order valence-electron chi connectivity index (χ2n) is 8.62. The van der Waals surface area contributed by atoms with Crippen LogP contribution in [0, 0.1) is 33.2 Å². The van der Waals surface area contributed by atoms with Crippen molar-refractivity contribution < 1.29 is 84.3 Å². The maximum atomic E-state index is 5.11. The van der Waals surface area contributed by atoms with E-state index in [1.807, 2.05) is 154 Å². The molecule has 1 aliphatic heterocycles. The Balaban J connectivity index is -0.000000264. The van der Waals surface area contributed by atoms with Crippen molar-refractivity contribution in [1.29, 1.82) is 0 Å². The van der Waals surface area contributed by atoms with Gasteiger partial charge in [-0.3, -0.25) is 27.8 Å². The minimum Gasteiger partial charge on any atom is -0.749 e. The van der Waals surface area contributed by atoms with E-state index in [9.17, 15) is 0 Å². The molecule has 0 saturated heterocycles. The number of nitrogens with zero attached hydrogens (tertiary/aromatic N) is 10. The molecule has 7 aromatic heterocycles. The quantitative estimate of drug-likeness (QED) is 0.162. The first kappa shape index (κ1) is 55.7. The zero-order valence-electron chi connectivity index (χ0n) is 31.0. The minimum absolute atomic E-state index is 0. The molecule has 0 spiro atoms. The number of rotatable bonds is 2. The van der Waals surface area contributed by atoms with Gasteiger partial charge in [0.25, 0.3) is 0 Å². The van der Waals surface area contributed by atoms with Crippen molar-refractivity contribution >= 4 is 29.6 Å². The van der Waals surface area contributed by atoms with Crippen molar-refractivity contribution in [2.45, 2.75) is 61.8 Å². The van der Waals surface area contributed by atoms with E-state index >= 15 is 0 Å². The van der Waals surface area contributed by atoms with Crippen LogP contribution in [0.3, 0.4) is 0 Å². The van der Waals surface area contributed by atoms with Gasteiger partial charge in [0, 0.05) is 73.3 Å². The molecule has 0 bridgehead atoms. The van der Waals surface area contributed by atoms with Crippen LogP contribution in [0.4, 0.5) is 0 Å². The molecule has 0 N–H and O–H groups in total. The topological polar surface area (TPSA) is 97.2 Å². The van der Waals surface area contributed by atoms with Crippen molar-refractivity contribution in [3.63, 3.8) is 0 Å². The first-order valence-corrected chi connectivity index (χ1v) is 16.0. The Kier molecular flexibility index (Phi) is 37.6. The maximum Gasteiger partial charge on any atom is 2.00 e. The monoisotopic (exact) mass is 1380 g/mol. The number of fused-ring (bicyclic) bond motifs is 3. The van der Waals surface area contributed by atoms with Gasteiger partial charge in [-0.15, -0.1) is 38.7 Å². The molecular weight excluding hydrogens is 1330 g/mol. The average molecular weight is 1380 g/mol. The number of aryl methyl sites for hydroxylation is 2. The van der Waals surface area contributed by atoms with E-state index in [1.54, 1.807) is 23.0 Å². The third-order valence-corrected chi connectivity index (χ3v) is 5.75. The van der Waals surface area contributed by atoms with Crippen LogP contribution in [0.1, 0.15) is 64.7 Å². The number of aromatic nitrogens is 10. The SMILES string of the molecule is CC.CC.CC.Cc1nnc2ccccn12.Cc1nnc2n1C=CC2.[CH-]=Cc1ccc[n-]1.[CH-]=Cn1[c-]ccc1.[W+2].[W+2].[W].[W].c1cnn2cccc2c1. The first-order valence-electron chi connectivity index (χ1n) is 16.0. The molecule has 0 unspecified atom stereocenters. The zero-order valence-corrected chi connectivity index (χ0v) is 42.7. The van der Waals surface area contributed by atoms with Crippen molar-refractivity contribution in [2.75, 3.05) is 0 Å². The zero-order chi connectivity index (χ0) is 35.6. The Bertz CT molecular complexity index is 1770. The molecule has 0 fully saturated rings. The van der Waals surface area contributed by atoms with E-state index in [0.29, 0.717) is 0 Å². The molecule has 10 nitrogen and oxygen atoms in total. The number of hydrogen-bond donors (Lipinski definition) is 0. The second-order valence-corrected chi connectivity index (χ2v) is 8.62. The fraction of sp³-hybridized carbons (Fsp3) is 0.237. The molecule has 0 atom stereocenters. The van der Waals surface area contributed by atoms with Crippen molar-refractivity contribution in [2.24, 2.45) is 0 Å². The number of hydrogen-bond acceptors (Lipinski definition) is 5. The Morgan fingerprint density at radius 1 is 0.750 bits per heavy atom. The molecule has 0 amide bonds. The third-order valence-electron chi connectivity index (χ3n) is 5.75. The average Bonchev–Trinajstić information content (AvgIpc) is 4.02. The van der Waals surface area contributed by atoms with E-state index in [-0.39, 0.29) is 84.3 Å². The van der Waals surface area contributed by atoms with Crippen LogP contribution in [0.25, 0.3) is 29.6 Å². The van der Waals surface area contributed by atoms with Crippen LogP contribution in [-0.4, -0.2) is 43.5 Å². The number of pyridine rings is 1. The minimum atomic E-state index is 0. The third kappa shape index (κ3) is 19.7. The maximum absolute atomic E-state index is 5.11. The van der Waals surface area contributed by atoms with Gasteiger partial charge >= 0.3 is 42.1 Å². The molecule has 14 heteroatoms. The van der Waals surface area contributed by atoms with Crippen LogP contribution in [0.5, 0.6) is 0 Å². The standard InChI is InChI=1S/C7H7N3.C7H6N2.C6H7N3.2C6H5N.3C2H6.4W/c1-6-8-9-7-4-2-3-5-10(6)7;1-3-7-4-2-6-9(7)8-5-1;1-5-7-8-6-3-2-4-9(5)6;1-2-7-5-3-4-6-7;1-2-6-4-3-5-7-6;3*1-2;;;;/h2-5H,1H3;1-6H;2,4H,3H2,1H3;2*1-5H;3*1-2H3;;;;/q;;;2*-2;;;;;;2*+2. The molecule has 7 aromatic rings. The van der Waals surface area contributed by atoms with Crippen LogP contribution in [0.2, 0.25) is 0 Å². The fourth-order valence-electron chi connectivity index (χ4n) is 3.66. The molecule has 0 aromatic carbocycles. The molecular formula is C38H48N10W4. The summed E-state index contributed by atoms with van der Waals surface area (Å²) in [4.78, 5) is 3.85. The largest absolute Gasteiger partial charge is 2.00 e. The molecule has 0 radical (unpaired) electrons. The van der Waals surface area contributed by atoms with Gasteiger partial charge in [0.2, 0.25) is 0 Å². The normalized spacial score (nSPS) is 8.92. The van der Waals surface area contributed by atoms with Crippen LogP contribution in [0.15, 0.2) is 104 Å². The van der Waals surface area contributed by atoms with Crippen molar-refractivity contribution in [1.82, 2.24) is 48.5 Å². The van der Waals surface area contributed by atoms with Gasteiger partial charge in [-0.2, -0.15) is 23.4 Å². The Morgan fingerprint density at radius 2 is 1.44 bits per heavy atom. The van der Waals surface area contributed by atoms with E-state index in [4.69, 9.17) is 13.2 Å². The van der Waals surface area contributed by atoms with E-state index in [2.05, 4.69) is 42.8 Å². The summed E-state index contributed by atoms with van der Waals surface area (Å²) in [5, 5.41) is 19.7. The molecule has 8 rings (SSSR count). The molecule has 0 saturated carbocycles. The summed E-state index contributed by atoms with van der Waals surface area (Å²) < 4.78 is 7.43. The summed E-state index contributed by atoms with van der Waals surface area (Å²) in [5.41, 5.74) is 2.87. The second kappa shape index (κ2) is 35.0. The van der Waals surface area contributed by atoms with E-state index in [1.165, 1.54) is 12.3 Å². The van der Waals surface area contributed by atoms with Crippen molar-refractivity contribution in [3.05, 3.63) is 146 Å². The van der Waals surface area contributed by atoms with Crippen LogP contribution >= 0.6 is 0 Å². The van der Waals surface area contributed by atoms with Gasteiger partial charge in [0.15, 0.2) is 5.65 Å². The summed E-state index contributed by atoms with van der Waals surface area (Å²) >= 11 is 0. The smallest absolute Gasteiger partial charge is 0.749 e. The molecule has 8 heterocycles. The van der Waals surface area contributed by atoms with Gasteiger partial charge in [-0.05, 0) is 50.2 Å². The van der Waals surface area contributed by atoms with Gasteiger partial charge < -0.3 is 21.8 Å². The summed E-state index contributed by atoms with van der Waals surface area (Å²) in [5.74, 6) is 2.95. The predicted octanol–water partition coefficient (Wildman–Crippen LogP) is 8.34. The summed E-state index contributed by atoms with van der Waals surface area (Å²) in [6.07, 6.45) is 19.9. The van der Waals surface area contributed by atoms with Gasteiger partial charge in [0.1, 0.15) is 17.5 Å². The van der Waals surface area contributed by atoms with Gasteiger partial charge in [-0.25, -0.2) is 4.52 Å². The Labute approximate surface area is 367 Å². The van der Waals surface area contributed by atoms with E-state index < -0.39 is 0 Å². The van der Waals surface area contributed by atoms with Gasteiger partial charge in [-0.1, -0.05) is 59.9 Å². The van der Waals surface area contributed by atoms with Crippen LogP contribution < -0.4 is 4.98 Å². The van der Waals surface area contributed by atoms with Gasteiger partial charge in [0.05, 0.1) is 5.52 Å². The fourth-order valence-corrected chi connectivity index (χ4v) is 3.66. The molecule has 0 aliphatic carbocycles. The Hall–Kier alpha value is -3.02. The predicted molar refractivity (Wildman–Crippen MR) is 198 cm³/mol. The van der Waals surface area contributed by atoms with E-state index in [0.717, 1.165) is 40.8 Å². The number of allylic oxidation sites excluding steroid dienone is 1. The summed E-state index contributed by atoms with van der Waals surface area (Å²) in [6, 6.07) is 21.1. The van der Waals surface area contributed by atoms with Crippen molar-refractivity contribution in [3.8, 4) is 0 Å². The Morgan fingerprint density at radius 3 is 1.96 bits per heavy atom. The summed E-state index contributed by atoms with van der Waals surface area (Å²) in [7, 11) is 0. The first-order chi connectivity index (χ1) is 23.6.